The zero-order chi connectivity index (χ0) is 14.8. The Morgan fingerprint density at radius 1 is 1.14 bits per heavy atom. The fraction of sp³-hybridized carbons (Fsp3) is 0.0714. The van der Waals surface area contributed by atoms with Crippen molar-refractivity contribution in [2.24, 2.45) is 0 Å². The Kier molecular flexibility index (Phi) is 3.45. The van der Waals surface area contributed by atoms with E-state index in [9.17, 15) is 4.79 Å². The van der Waals surface area contributed by atoms with Crippen molar-refractivity contribution < 1.29 is 14.3 Å². The number of rotatable bonds is 4. The molecule has 6 nitrogen and oxygen atoms in total. The molecule has 0 saturated heterocycles. The van der Waals surface area contributed by atoms with Crippen LogP contribution in [0.1, 0.15) is 0 Å². The fourth-order valence-corrected chi connectivity index (χ4v) is 2.09. The van der Waals surface area contributed by atoms with Crippen LogP contribution in [0.2, 0.25) is 5.02 Å². The monoisotopic (exact) mass is 302 g/mol. The van der Waals surface area contributed by atoms with E-state index in [-0.39, 0.29) is 10.8 Å². The minimum atomic E-state index is 0.230. The molecular weight excluding hydrogens is 294 g/mol. The maximum absolute atomic E-state index is 10.2. The van der Waals surface area contributed by atoms with E-state index >= 15 is 0 Å². The van der Waals surface area contributed by atoms with Gasteiger partial charge in [0.25, 0.3) is 0 Å². The maximum Gasteiger partial charge on any atom is 0.423 e. The highest BCUT2D eigenvalue weighted by Crippen LogP contribution is 2.27. The molecule has 0 bridgehead atoms. The first-order valence-corrected chi connectivity index (χ1v) is 6.34. The average molecular weight is 303 g/mol. The maximum atomic E-state index is 10.2. The summed E-state index contributed by atoms with van der Waals surface area (Å²) in [5, 5.41) is 8.98. The molecule has 21 heavy (non-hydrogen) atoms. The van der Waals surface area contributed by atoms with Crippen LogP contribution in [0.5, 0.6) is 11.5 Å². The summed E-state index contributed by atoms with van der Waals surface area (Å²) in [6.07, 6.45) is 0. The van der Waals surface area contributed by atoms with Crippen LogP contribution in [0.3, 0.4) is 0 Å². The molecule has 0 fully saturated rings. The molecule has 0 aliphatic heterocycles. The van der Waals surface area contributed by atoms with E-state index in [2.05, 4.69) is 14.9 Å². The topological polar surface area (TPSA) is 66.2 Å². The molecule has 105 valence electrons. The number of hydrogen-bond acceptors (Lipinski definition) is 5. The van der Waals surface area contributed by atoms with Gasteiger partial charge in [0, 0.05) is 6.07 Å². The van der Waals surface area contributed by atoms with Gasteiger partial charge in [-0.1, -0.05) is 11.6 Å². The van der Waals surface area contributed by atoms with E-state index in [4.69, 9.17) is 16.3 Å². The van der Waals surface area contributed by atoms with Crippen LogP contribution in [-0.2, 0) is 4.79 Å². The van der Waals surface area contributed by atoms with Crippen LogP contribution < -0.4 is 9.47 Å². The molecule has 0 atom stereocenters. The normalized spacial score (nSPS) is 10.6. The molecule has 1 radical (unpaired) electrons. The molecule has 2 aromatic carbocycles. The lowest BCUT2D eigenvalue weighted by molar-refractivity contribution is 0.415. The number of halogens is 1. The lowest BCUT2D eigenvalue weighted by Crippen LogP contribution is -1.99. The van der Waals surface area contributed by atoms with Gasteiger partial charge in [0.1, 0.15) is 22.5 Å². The van der Waals surface area contributed by atoms with Crippen LogP contribution in [-0.4, -0.2) is 28.6 Å². The summed E-state index contributed by atoms with van der Waals surface area (Å²) in [6, 6.07) is 10.3. The molecule has 7 heteroatoms. The first-order valence-electron chi connectivity index (χ1n) is 5.96. The number of nitrogens with zero attached hydrogens (tertiary/aromatic N) is 3. The van der Waals surface area contributed by atoms with Crippen LogP contribution >= 0.6 is 11.6 Å². The number of ether oxygens (including phenoxy) is 2. The van der Waals surface area contributed by atoms with Gasteiger partial charge in [0.2, 0.25) is 0 Å². The van der Waals surface area contributed by atoms with Crippen molar-refractivity contribution in [3.05, 3.63) is 41.4 Å². The molecule has 3 rings (SSSR count). The Morgan fingerprint density at radius 3 is 2.67 bits per heavy atom. The zero-order valence-corrected chi connectivity index (χ0v) is 11.7. The zero-order valence-electron chi connectivity index (χ0n) is 10.9. The third kappa shape index (κ3) is 2.53. The van der Waals surface area contributed by atoms with Crippen LogP contribution in [0, 0.1) is 0 Å². The van der Waals surface area contributed by atoms with E-state index in [0.29, 0.717) is 17.0 Å². The van der Waals surface area contributed by atoms with Gasteiger partial charge in [0.15, 0.2) is 0 Å². The van der Waals surface area contributed by atoms with Gasteiger partial charge in [0.05, 0.1) is 17.8 Å². The van der Waals surface area contributed by atoms with Crippen molar-refractivity contribution in [2.45, 2.75) is 0 Å². The van der Waals surface area contributed by atoms with Crippen molar-refractivity contribution in [3.8, 4) is 17.2 Å². The Bertz CT molecular complexity index is 816. The number of fused-ring (bicyclic) bond motifs is 1. The number of hydrogen-bond donors (Lipinski definition) is 0. The highest BCUT2D eigenvalue weighted by molar-refractivity contribution is 6.32. The smallest absolute Gasteiger partial charge is 0.423 e. The molecule has 0 N–H and O–H groups in total. The lowest BCUT2D eigenvalue weighted by Gasteiger charge is -2.03. The van der Waals surface area contributed by atoms with Crippen molar-refractivity contribution in [3.63, 3.8) is 0 Å². The van der Waals surface area contributed by atoms with Crippen molar-refractivity contribution in [1.29, 1.82) is 0 Å². The largest absolute Gasteiger partial charge is 0.497 e. The van der Waals surface area contributed by atoms with E-state index < -0.39 is 0 Å². The second kappa shape index (κ2) is 5.41. The summed E-state index contributed by atoms with van der Waals surface area (Å²) in [6.45, 7) is 1.33. The van der Waals surface area contributed by atoms with Crippen molar-refractivity contribution in [1.82, 2.24) is 15.0 Å². The summed E-state index contributed by atoms with van der Waals surface area (Å²) >= 11 is 6.01. The minimum absolute atomic E-state index is 0.230. The summed E-state index contributed by atoms with van der Waals surface area (Å²) < 4.78 is 9.76. The summed E-state index contributed by atoms with van der Waals surface area (Å²) in [5.74, 6) is 0.937. The second-order valence-corrected chi connectivity index (χ2v) is 4.55. The first-order chi connectivity index (χ1) is 10.2. The standard InChI is InChI=1S/C14H9ClN3O3/c1-20-10-3-4-12-13(7-10)17-18(16-12)9-2-5-14(21-8-19)11(15)6-9/h2-7H,1H3. The molecule has 0 aliphatic rings. The highest BCUT2D eigenvalue weighted by Gasteiger charge is 2.09. The molecule has 3 aromatic rings. The molecular formula is C14H9ClN3O3. The quantitative estimate of drug-likeness (QED) is 0.741. The average Bonchev–Trinajstić information content (AvgIpc) is 2.92. The number of aromatic nitrogens is 3. The lowest BCUT2D eigenvalue weighted by atomic mass is 10.3. The Balaban J connectivity index is 2.03. The SMILES string of the molecule is COc1ccc2nn(-c3ccc(O[C]=O)c(Cl)c3)nc2c1. The number of methoxy groups -OCH3 is 1. The molecule has 1 heterocycles. The van der Waals surface area contributed by atoms with Crippen molar-refractivity contribution in [2.75, 3.05) is 7.11 Å². The molecule has 0 spiro atoms. The van der Waals surface area contributed by atoms with Gasteiger partial charge in [-0.2, -0.15) is 4.80 Å². The van der Waals surface area contributed by atoms with Crippen molar-refractivity contribution >= 4 is 29.1 Å². The Hall–Kier alpha value is -2.60. The molecule has 0 aliphatic carbocycles. The van der Waals surface area contributed by atoms with E-state index in [1.54, 1.807) is 31.4 Å². The molecule has 0 unspecified atom stereocenters. The van der Waals surface area contributed by atoms with Crippen LogP contribution in [0.4, 0.5) is 0 Å². The van der Waals surface area contributed by atoms with Gasteiger partial charge in [-0.15, -0.1) is 10.2 Å². The number of benzene rings is 2. The van der Waals surface area contributed by atoms with Gasteiger partial charge in [-0.05, 0) is 30.3 Å². The van der Waals surface area contributed by atoms with E-state index in [0.717, 1.165) is 5.52 Å². The Labute approximate surface area is 124 Å². The third-order valence-corrected chi connectivity index (χ3v) is 3.18. The Morgan fingerprint density at radius 2 is 1.95 bits per heavy atom. The first kappa shape index (κ1) is 13.4. The minimum Gasteiger partial charge on any atom is -0.497 e. The van der Waals surface area contributed by atoms with Gasteiger partial charge in [-0.3, -0.25) is 0 Å². The van der Waals surface area contributed by atoms with E-state index in [1.807, 2.05) is 12.1 Å². The van der Waals surface area contributed by atoms with Crippen LogP contribution in [0.15, 0.2) is 36.4 Å². The van der Waals surface area contributed by atoms with Gasteiger partial charge >= 0.3 is 6.47 Å². The van der Waals surface area contributed by atoms with Crippen LogP contribution in [0.25, 0.3) is 16.7 Å². The fourth-order valence-electron chi connectivity index (χ4n) is 1.88. The highest BCUT2D eigenvalue weighted by atomic mass is 35.5. The predicted octanol–water partition coefficient (Wildman–Crippen LogP) is 2.53. The van der Waals surface area contributed by atoms with Gasteiger partial charge < -0.3 is 9.47 Å². The summed E-state index contributed by atoms with van der Waals surface area (Å²) in [7, 11) is 1.59. The third-order valence-electron chi connectivity index (χ3n) is 2.89. The summed E-state index contributed by atoms with van der Waals surface area (Å²) in [5.41, 5.74) is 2.08. The second-order valence-electron chi connectivity index (χ2n) is 4.14. The summed E-state index contributed by atoms with van der Waals surface area (Å²) in [4.78, 5) is 11.7. The molecule has 0 saturated carbocycles. The van der Waals surface area contributed by atoms with E-state index in [1.165, 1.54) is 11.3 Å². The van der Waals surface area contributed by atoms with Gasteiger partial charge in [-0.25, -0.2) is 4.79 Å². The molecule has 0 amide bonds. The predicted molar refractivity (Wildman–Crippen MR) is 76.7 cm³/mol. The molecule has 1 aromatic heterocycles. The number of carbonyl (C=O) groups excluding carboxylic acids is 1.